The average Bonchev–Trinajstić information content (AvgIpc) is 3.13. The van der Waals surface area contributed by atoms with Gasteiger partial charge >= 0.3 is 11.9 Å². The van der Waals surface area contributed by atoms with Crippen LogP contribution in [0.25, 0.3) is 0 Å². The van der Waals surface area contributed by atoms with Crippen molar-refractivity contribution in [3.63, 3.8) is 0 Å². The Labute approximate surface area is 185 Å². The molecular formula is C22H27NO9. The van der Waals surface area contributed by atoms with E-state index in [0.717, 1.165) is 0 Å². The molecule has 1 fully saturated rings. The van der Waals surface area contributed by atoms with Gasteiger partial charge in [0.1, 0.15) is 24.4 Å². The van der Waals surface area contributed by atoms with Crippen molar-refractivity contribution in [1.82, 2.24) is 5.32 Å². The van der Waals surface area contributed by atoms with Crippen LogP contribution < -0.4 is 5.32 Å². The lowest BCUT2D eigenvalue weighted by molar-refractivity contribution is -0.172. The molecule has 10 heteroatoms. The number of esters is 2. The highest BCUT2D eigenvalue weighted by Gasteiger charge is 2.48. The Morgan fingerprint density at radius 3 is 2.44 bits per heavy atom. The third kappa shape index (κ3) is 5.45. The molecule has 0 spiro atoms. The summed E-state index contributed by atoms with van der Waals surface area (Å²) in [5.74, 6) is -3.14. The zero-order valence-electron chi connectivity index (χ0n) is 18.3. The molecule has 2 aliphatic heterocycles. The van der Waals surface area contributed by atoms with Crippen LogP contribution in [0.2, 0.25) is 0 Å². The van der Waals surface area contributed by atoms with Gasteiger partial charge in [0.05, 0.1) is 19.3 Å². The molecule has 0 aromatic heterocycles. The minimum absolute atomic E-state index is 0.0621. The Balaban J connectivity index is 1.93. The van der Waals surface area contributed by atoms with Gasteiger partial charge in [0.15, 0.2) is 11.9 Å². The van der Waals surface area contributed by atoms with Gasteiger partial charge in [-0.05, 0) is 26.0 Å². The van der Waals surface area contributed by atoms with Crippen molar-refractivity contribution >= 4 is 17.8 Å². The Bertz CT molecular complexity index is 883. The maximum absolute atomic E-state index is 12.7. The van der Waals surface area contributed by atoms with Crippen molar-refractivity contribution in [2.75, 3.05) is 13.7 Å². The van der Waals surface area contributed by atoms with Gasteiger partial charge in [-0.25, -0.2) is 9.59 Å². The van der Waals surface area contributed by atoms with Crippen LogP contribution in [-0.4, -0.2) is 72.9 Å². The van der Waals surface area contributed by atoms with Gasteiger partial charge in [0.2, 0.25) is 11.7 Å². The zero-order valence-corrected chi connectivity index (χ0v) is 18.3. The van der Waals surface area contributed by atoms with Crippen molar-refractivity contribution < 1.29 is 43.2 Å². The van der Waals surface area contributed by atoms with Crippen LogP contribution in [0.3, 0.4) is 0 Å². The van der Waals surface area contributed by atoms with E-state index in [1.165, 1.54) is 20.1 Å². The van der Waals surface area contributed by atoms with Gasteiger partial charge in [-0.15, -0.1) is 0 Å². The smallest absolute Gasteiger partial charge is 0.373 e. The molecule has 5 atom stereocenters. The molecule has 0 aliphatic carbocycles. The number of carbonyl (C=O) groups is 3. The third-order valence-electron chi connectivity index (χ3n) is 5.04. The lowest BCUT2D eigenvalue weighted by Gasteiger charge is -2.39. The summed E-state index contributed by atoms with van der Waals surface area (Å²) in [6.07, 6.45) is -3.24. The Morgan fingerprint density at radius 1 is 1.19 bits per heavy atom. The highest BCUT2D eigenvalue weighted by atomic mass is 16.7. The van der Waals surface area contributed by atoms with Crippen LogP contribution in [0.1, 0.15) is 31.1 Å². The van der Waals surface area contributed by atoms with Crippen LogP contribution in [0, 0.1) is 0 Å². The van der Waals surface area contributed by atoms with E-state index < -0.39 is 54.1 Å². The Morgan fingerprint density at radius 2 is 1.88 bits per heavy atom. The van der Waals surface area contributed by atoms with E-state index >= 15 is 0 Å². The van der Waals surface area contributed by atoms with Gasteiger partial charge in [0, 0.05) is 13.0 Å². The largest absolute Gasteiger partial charge is 0.478 e. The number of hydrogen-bond donors (Lipinski definition) is 2. The Hall–Kier alpha value is -2.95. The summed E-state index contributed by atoms with van der Waals surface area (Å²) in [7, 11) is 1.17. The minimum atomic E-state index is -1.33. The predicted molar refractivity (Wildman–Crippen MR) is 109 cm³/mol. The summed E-state index contributed by atoms with van der Waals surface area (Å²) < 4.78 is 27.3. The molecule has 0 bridgehead atoms. The summed E-state index contributed by atoms with van der Waals surface area (Å²) >= 11 is 0. The van der Waals surface area contributed by atoms with Gasteiger partial charge in [0.25, 0.3) is 0 Å². The van der Waals surface area contributed by atoms with Crippen molar-refractivity contribution in [3.05, 3.63) is 47.7 Å². The molecule has 0 radical (unpaired) electrons. The highest BCUT2D eigenvalue weighted by Crippen LogP contribution is 2.31. The molecule has 32 heavy (non-hydrogen) atoms. The van der Waals surface area contributed by atoms with E-state index in [1.54, 1.807) is 44.2 Å². The van der Waals surface area contributed by atoms with Crippen LogP contribution in [-0.2, 0) is 33.3 Å². The maximum atomic E-state index is 12.7. The predicted octanol–water partition coefficient (Wildman–Crippen LogP) is 0.685. The van der Waals surface area contributed by atoms with Gasteiger partial charge in [-0.2, -0.15) is 0 Å². The van der Waals surface area contributed by atoms with Gasteiger partial charge < -0.3 is 34.1 Å². The number of nitrogens with one attached hydrogen (secondary N) is 1. The highest BCUT2D eigenvalue weighted by molar-refractivity contribution is 5.90. The number of methoxy groups -OCH3 is 1. The molecule has 0 unspecified atom stereocenters. The first-order valence-electron chi connectivity index (χ1n) is 10.1. The first-order valence-corrected chi connectivity index (χ1v) is 10.1. The van der Waals surface area contributed by atoms with E-state index in [2.05, 4.69) is 5.32 Å². The molecule has 1 aromatic rings. The summed E-state index contributed by atoms with van der Waals surface area (Å²) in [5, 5.41) is 13.7. The SMILES string of the molecule is COC(=O)C1=C[C@H](OC(=O)c2ccccc2)[C@@H](NC(C)=O)[C@H]([C@H](O)[C@H]2COC(C)(C)O2)O1. The van der Waals surface area contributed by atoms with Crippen molar-refractivity contribution in [3.8, 4) is 0 Å². The van der Waals surface area contributed by atoms with Crippen LogP contribution >= 0.6 is 0 Å². The molecule has 10 nitrogen and oxygen atoms in total. The second kappa shape index (κ2) is 9.68. The van der Waals surface area contributed by atoms with Crippen LogP contribution in [0.15, 0.2) is 42.2 Å². The number of hydrogen-bond acceptors (Lipinski definition) is 9. The Kier molecular flexibility index (Phi) is 7.17. The van der Waals surface area contributed by atoms with E-state index in [-0.39, 0.29) is 17.9 Å². The number of amides is 1. The summed E-state index contributed by atoms with van der Waals surface area (Å²) in [4.78, 5) is 36.8. The quantitative estimate of drug-likeness (QED) is 0.602. The number of benzene rings is 1. The fourth-order valence-electron chi connectivity index (χ4n) is 3.57. The molecule has 1 saturated heterocycles. The fraction of sp³-hybridized carbons (Fsp3) is 0.500. The number of carbonyl (C=O) groups excluding carboxylic acids is 3. The molecule has 1 aromatic carbocycles. The van der Waals surface area contributed by atoms with E-state index in [0.29, 0.717) is 0 Å². The summed E-state index contributed by atoms with van der Waals surface area (Å²) in [6, 6.07) is 7.21. The molecular weight excluding hydrogens is 422 g/mol. The average molecular weight is 449 g/mol. The first-order chi connectivity index (χ1) is 15.1. The van der Waals surface area contributed by atoms with Crippen LogP contribution in [0.5, 0.6) is 0 Å². The zero-order chi connectivity index (χ0) is 23.5. The first kappa shape index (κ1) is 23.7. The van der Waals surface area contributed by atoms with Crippen molar-refractivity contribution in [2.45, 2.75) is 57.0 Å². The lowest BCUT2D eigenvalue weighted by atomic mass is 9.93. The lowest BCUT2D eigenvalue weighted by Crippen LogP contribution is -2.60. The topological polar surface area (TPSA) is 130 Å². The van der Waals surface area contributed by atoms with E-state index in [1.807, 2.05) is 0 Å². The molecule has 1 amide bonds. The molecule has 2 heterocycles. The number of ether oxygens (including phenoxy) is 5. The molecule has 3 rings (SSSR count). The number of aliphatic hydroxyl groups excluding tert-OH is 1. The molecule has 0 saturated carbocycles. The second-order valence-corrected chi connectivity index (χ2v) is 7.92. The molecule has 2 aliphatic rings. The second-order valence-electron chi connectivity index (χ2n) is 7.92. The summed E-state index contributed by atoms with van der Waals surface area (Å²) in [6.45, 7) is 4.72. The fourth-order valence-corrected chi connectivity index (χ4v) is 3.57. The monoisotopic (exact) mass is 449 g/mol. The third-order valence-corrected chi connectivity index (χ3v) is 5.04. The van der Waals surface area contributed by atoms with Crippen molar-refractivity contribution in [2.24, 2.45) is 0 Å². The van der Waals surface area contributed by atoms with Gasteiger partial charge in [-0.1, -0.05) is 18.2 Å². The maximum Gasteiger partial charge on any atom is 0.373 e. The summed E-state index contributed by atoms with van der Waals surface area (Å²) in [5.41, 5.74) is 0.278. The number of rotatable bonds is 6. The normalized spacial score (nSPS) is 27.5. The van der Waals surface area contributed by atoms with Crippen LogP contribution in [0.4, 0.5) is 0 Å². The molecule has 2 N–H and O–H groups in total. The van der Waals surface area contributed by atoms with Gasteiger partial charge in [-0.3, -0.25) is 4.79 Å². The number of aliphatic hydroxyl groups is 1. The van der Waals surface area contributed by atoms with E-state index in [4.69, 9.17) is 23.7 Å². The van der Waals surface area contributed by atoms with Crippen molar-refractivity contribution in [1.29, 1.82) is 0 Å². The molecule has 174 valence electrons. The minimum Gasteiger partial charge on any atom is -0.478 e. The standard InChI is InChI=1S/C22H27NO9/c1-12(24)23-17-14(31-20(26)13-8-6-5-7-9-13)10-15(21(27)28-4)30-19(17)18(25)16-11-29-22(2,3)32-16/h5-10,14,16-19,25H,11H2,1-4H3,(H,23,24)/t14-,16+,17+,18+,19+/m0/s1. The van der Waals surface area contributed by atoms with E-state index in [9.17, 15) is 19.5 Å².